The van der Waals surface area contributed by atoms with E-state index in [9.17, 15) is 29.2 Å². The summed E-state index contributed by atoms with van der Waals surface area (Å²) < 4.78 is 1.77. The average molecular weight is 853 g/mol. The van der Waals surface area contributed by atoms with E-state index in [1.54, 1.807) is 40.2 Å². The number of anilines is 2. The van der Waals surface area contributed by atoms with Crippen molar-refractivity contribution in [3.8, 4) is 28.0 Å². The minimum atomic E-state index is -0.986. The first-order valence-corrected chi connectivity index (χ1v) is 22.0. The van der Waals surface area contributed by atoms with E-state index in [1.165, 1.54) is 0 Å². The lowest BCUT2D eigenvalue weighted by Gasteiger charge is -2.47. The topological polar surface area (TPSA) is 211 Å². The molecule has 1 saturated carbocycles. The Balaban J connectivity index is 0.681. The fraction of sp³-hybridized carbons (Fsp3) is 0.409. The lowest BCUT2D eigenvalue weighted by Crippen LogP contribution is -2.60. The van der Waals surface area contributed by atoms with Crippen molar-refractivity contribution in [2.75, 3.05) is 43.4 Å². The molecule has 3 N–H and O–H groups in total. The largest absolute Gasteiger partial charge is 0.387 e. The molecule has 1 atom stereocenters. The Bertz CT molecular complexity index is 2680. The molecule has 5 aromatic rings. The van der Waals surface area contributed by atoms with Gasteiger partial charge in [0.1, 0.15) is 17.1 Å². The van der Waals surface area contributed by atoms with Gasteiger partial charge in [-0.3, -0.25) is 44.1 Å². The lowest BCUT2D eigenvalue weighted by molar-refractivity contribution is -0.136. The maximum atomic E-state index is 13.3. The molecule has 4 aliphatic heterocycles. The molecule has 10 rings (SSSR count). The van der Waals surface area contributed by atoms with Crippen LogP contribution in [0, 0.1) is 17.2 Å². The maximum Gasteiger partial charge on any atom is 0.262 e. The number of nitrogens with zero attached hydrogens (tertiary/aromatic N) is 9. The zero-order chi connectivity index (χ0) is 42.6. The summed E-state index contributed by atoms with van der Waals surface area (Å²) in [7, 11) is 1.87. The van der Waals surface area contributed by atoms with Gasteiger partial charge in [-0.1, -0.05) is 11.3 Å². The third kappa shape index (κ3) is 7.14. The summed E-state index contributed by atoms with van der Waals surface area (Å²) >= 11 is 1.59. The van der Waals surface area contributed by atoms with Crippen LogP contribution < -0.4 is 20.9 Å². The number of fused-ring (bicyclic) bond motifs is 2. The smallest absolute Gasteiger partial charge is 0.262 e. The van der Waals surface area contributed by atoms with E-state index < -0.39 is 29.7 Å². The van der Waals surface area contributed by atoms with Gasteiger partial charge in [0.2, 0.25) is 17.7 Å². The van der Waals surface area contributed by atoms with Gasteiger partial charge in [-0.05, 0) is 87.4 Å². The van der Waals surface area contributed by atoms with Gasteiger partial charge in [-0.15, -0.1) is 10.2 Å². The second-order valence-electron chi connectivity index (χ2n) is 16.8. The molecule has 8 heterocycles. The lowest BCUT2D eigenvalue weighted by atomic mass is 9.85. The van der Waals surface area contributed by atoms with Crippen molar-refractivity contribution in [2.24, 2.45) is 5.92 Å². The van der Waals surface area contributed by atoms with Gasteiger partial charge in [0.05, 0.1) is 51.3 Å². The van der Waals surface area contributed by atoms with Gasteiger partial charge in [0.25, 0.3) is 11.8 Å². The van der Waals surface area contributed by atoms with Crippen LogP contribution >= 0.6 is 11.3 Å². The molecule has 1 unspecified atom stereocenters. The highest BCUT2D eigenvalue weighted by molar-refractivity contribution is 7.14. The zero-order valence-corrected chi connectivity index (χ0v) is 34.9. The first-order chi connectivity index (χ1) is 30.1. The molecule has 5 amide bonds. The molecule has 4 fully saturated rings. The normalized spacial score (nSPS) is 22.4. The molecule has 1 aliphatic carbocycles. The number of nitrogens with one attached hydrogen (secondary N) is 3. The number of imide groups is 2. The fourth-order valence-electron chi connectivity index (χ4n) is 9.66. The minimum Gasteiger partial charge on any atom is -0.387 e. The number of benzene rings is 1. The number of hydrogen-bond donors (Lipinski definition) is 3. The number of aromatic nitrogens is 5. The van der Waals surface area contributed by atoms with Gasteiger partial charge >= 0.3 is 0 Å². The summed E-state index contributed by atoms with van der Waals surface area (Å²) in [6, 6.07) is 14.6. The summed E-state index contributed by atoms with van der Waals surface area (Å²) in [5.41, 5.74) is 6.07. The molecule has 62 heavy (non-hydrogen) atoms. The SMILES string of the molecule is CNc1cc(-c2ccc3cc(C#N)cnn23)ncc1-c1nnc(C2CCC(NC(=O)C3CN(C4CCN(c5ccc6c(c5)C(=O)N(C5CCC(=O)NC5=O)C6=O)CC4)C3)CC2)s1. The van der Waals surface area contributed by atoms with Crippen molar-refractivity contribution < 1.29 is 24.0 Å². The van der Waals surface area contributed by atoms with E-state index >= 15 is 0 Å². The first kappa shape index (κ1) is 39.5. The average Bonchev–Trinajstić information content (AvgIpc) is 4.00. The molecule has 0 spiro atoms. The molecular weight excluding hydrogens is 809 g/mol. The molecule has 4 aromatic heterocycles. The molecule has 1 aromatic carbocycles. The highest BCUT2D eigenvalue weighted by Crippen LogP contribution is 2.40. The van der Waals surface area contributed by atoms with Crippen LogP contribution in [0.3, 0.4) is 0 Å². The van der Waals surface area contributed by atoms with E-state index in [1.807, 2.05) is 37.5 Å². The van der Waals surface area contributed by atoms with Crippen molar-refractivity contribution in [2.45, 2.75) is 75.4 Å². The summed E-state index contributed by atoms with van der Waals surface area (Å²) in [4.78, 5) is 74.3. The Morgan fingerprint density at radius 1 is 0.887 bits per heavy atom. The van der Waals surface area contributed by atoms with Crippen LogP contribution in [0.15, 0.2) is 54.9 Å². The van der Waals surface area contributed by atoms with E-state index in [0.29, 0.717) is 11.6 Å². The summed E-state index contributed by atoms with van der Waals surface area (Å²) in [5, 5.41) is 33.5. The number of pyridine rings is 1. The van der Waals surface area contributed by atoms with Crippen LogP contribution in [0.25, 0.3) is 27.5 Å². The Morgan fingerprint density at radius 3 is 2.44 bits per heavy atom. The van der Waals surface area contributed by atoms with E-state index in [-0.39, 0.29) is 47.8 Å². The van der Waals surface area contributed by atoms with Crippen molar-refractivity contribution in [3.63, 3.8) is 0 Å². The number of carbonyl (C=O) groups excluding carboxylic acids is 5. The molecule has 0 radical (unpaired) electrons. The predicted octanol–water partition coefficient (Wildman–Crippen LogP) is 3.97. The molecular formula is C44H44N12O5S. The Hall–Kier alpha value is -6.58. The highest BCUT2D eigenvalue weighted by atomic mass is 32.1. The molecule has 5 aliphatic rings. The number of likely N-dealkylation sites (tertiary alicyclic amines) is 1. The maximum absolute atomic E-state index is 13.3. The summed E-state index contributed by atoms with van der Waals surface area (Å²) in [5.74, 6) is -1.62. The standard InChI is InChI=1S/C44H44N12O5S/c1-46-34-18-35(36-9-7-30-16-24(19-45)20-48-56(30)36)47-21-33(34)42-52-51-41(62-42)25-2-4-27(5-3-25)49-39(58)26-22-54(23-26)28-12-14-53(15-13-28)29-6-8-31-32(17-29)44(61)55(43(31)60)37-10-11-38(57)50-40(37)59/h6-9,16-18,20-21,25-28,37H,2-5,10-15,22-23H2,1H3,(H,46,47)(H,49,58)(H,50,57,59). The minimum absolute atomic E-state index is 0.0190. The number of amides is 5. The van der Waals surface area contributed by atoms with Crippen molar-refractivity contribution in [1.82, 2.24) is 45.2 Å². The van der Waals surface area contributed by atoms with Crippen LogP contribution in [0.1, 0.15) is 88.6 Å². The van der Waals surface area contributed by atoms with Crippen molar-refractivity contribution >= 4 is 57.8 Å². The van der Waals surface area contributed by atoms with Gasteiger partial charge in [-0.25, -0.2) is 4.52 Å². The number of piperidine rings is 2. The van der Waals surface area contributed by atoms with Crippen molar-refractivity contribution in [1.29, 1.82) is 5.26 Å². The van der Waals surface area contributed by atoms with E-state index in [4.69, 9.17) is 4.98 Å². The van der Waals surface area contributed by atoms with Crippen molar-refractivity contribution in [3.05, 3.63) is 76.6 Å². The predicted molar refractivity (Wildman–Crippen MR) is 228 cm³/mol. The molecule has 3 saturated heterocycles. The second-order valence-corrected chi connectivity index (χ2v) is 17.8. The number of nitriles is 1. The first-order valence-electron chi connectivity index (χ1n) is 21.2. The Kier molecular flexibility index (Phi) is 10.2. The molecule has 18 heteroatoms. The zero-order valence-electron chi connectivity index (χ0n) is 34.0. The van der Waals surface area contributed by atoms with Gasteiger partial charge in [0.15, 0.2) is 5.01 Å². The van der Waals surface area contributed by atoms with Crippen LogP contribution in [0.2, 0.25) is 0 Å². The van der Waals surface area contributed by atoms with Crippen LogP contribution in [0.4, 0.5) is 11.4 Å². The second kappa shape index (κ2) is 16.0. The monoisotopic (exact) mass is 852 g/mol. The van der Waals surface area contributed by atoms with Crippen LogP contribution in [-0.4, -0.2) is 115 Å². The molecule has 17 nitrogen and oxygen atoms in total. The van der Waals surface area contributed by atoms with Gasteiger partial charge < -0.3 is 15.5 Å². The Labute approximate surface area is 360 Å². The highest BCUT2D eigenvalue weighted by Gasteiger charge is 2.45. The molecule has 0 bridgehead atoms. The fourth-order valence-corrected chi connectivity index (χ4v) is 10.7. The van der Waals surface area contributed by atoms with Crippen LogP contribution in [0.5, 0.6) is 0 Å². The summed E-state index contributed by atoms with van der Waals surface area (Å²) in [6.45, 7) is 3.06. The Morgan fingerprint density at radius 2 is 1.68 bits per heavy atom. The van der Waals surface area contributed by atoms with E-state index in [2.05, 4.69) is 47.1 Å². The van der Waals surface area contributed by atoms with E-state index in [0.717, 1.165) is 113 Å². The quantitative estimate of drug-likeness (QED) is 0.180. The number of rotatable bonds is 9. The third-order valence-electron chi connectivity index (χ3n) is 13.2. The summed E-state index contributed by atoms with van der Waals surface area (Å²) in [6.07, 6.45) is 9.06. The van der Waals surface area contributed by atoms with Gasteiger partial charge in [0, 0.05) is 75.2 Å². The van der Waals surface area contributed by atoms with Crippen LogP contribution in [-0.2, 0) is 14.4 Å². The number of carbonyl (C=O) groups is 5. The molecule has 316 valence electrons. The van der Waals surface area contributed by atoms with Gasteiger partial charge in [-0.2, -0.15) is 10.4 Å². The number of hydrogen-bond acceptors (Lipinski definition) is 14. The third-order valence-corrected chi connectivity index (χ3v) is 14.3.